The van der Waals surface area contributed by atoms with Crippen molar-refractivity contribution in [1.29, 1.82) is 0 Å². The quantitative estimate of drug-likeness (QED) is 0.828. The van der Waals surface area contributed by atoms with Gasteiger partial charge in [-0.05, 0) is 48.4 Å². The molecule has 0 radical (unpaired) electrons. The maximum atomic E-state index is 12.6. The third-order valence-electron chi connectivity index (χ3n) is 4.86. The minimum absolute atomic E-state index is 0.0904. The normalized spacial score (nSPS) is 15.0. The Morgan fingerprint density at radius 3 is 2.23 bits per heavy atom. The zero-order valence-electron chi connectivity index (χ0n) is 15.7. The maximum absolute atomic E-state index is 12.6. The van der Waals surface area contributed by atoms with E-state index in [1.807, 2.05) is 35.2 Å². The fourth-order valence-electron chi connectivity index (χ4n) is 3.32. The molecule has 138 valence electrons. The van der Waals surface area contributed by atoms with Gasteiger partial charge in [-0.25, -0.2) is 0 Å². The maximum Gasteiger partial charge on any atom is 0.253 e. The van der Waals surface area contributed by atoms with Crippen LogP contribution in [0.5, 0.6) is 11.5 Å². The molecule has 26 heavy (non-hydrogen) atoms. The number of amides is 1. The molecule has 0 bridgehead atoms. The lowest BCUT2D eigenvalue weighted by atomic mass is 10.1. The predicted molar refractivity (Wildman–Crippen MR) is 102 cm³/mol. The highest BCUT2D eigenvalue weighted by Gasteiger charge is 2.22. The first-order chi connectivity index (χ1) is 12.6. The molecule has 0 N–H and O–H groups in total. The van der Waals surface area contributed by atoms with Crippen molar-refractivity contribution in [2.45, 2.75) is 13.5 Å². The highest BCUT2D eigenvalue weighted by molar-refractivity contribution is 5.94. The van der Waals surface area contributed by atoms with Crippen LogP contribution in [0.4, 0.5) is 0 Å². The summed E-state index contributed by atoms with van der Waals surface area (Å²) >= 11 is 0. The van der Waals surface area contributed by atoms with Gasteiger partial charge in [-0.15, -0.1) is 0 Å². The van der Waals surface area contributed by atoms with E-state index in [0.717, 1.165) is 49.8 Å². The summed E-state index contributed by atoms with van der Waals surface area (Å²) in [4.78, 5) is 16.9. The molecule has 1 saturated heterocycles. The van der Waals surface area contributed by atoms with Crippen molar-refractivity contribution in [3.05, 3.63) is 59.2 Å². The number of aryl methyl sites for hydroxylation is 1. The van der Waals surface area contributed by atoms with Crippen LogP contribution in [0, 0.1) is 6.92 Å². The summed E-state index contributed by atoms with van der Waals surface area (Å²) in [6.07, 6.45) is 0. The van der Waals surface area contributed by atoms with Crippen molar-refractivity contribution in [2.75, 3.05) is 40.4 Å². The number of carbonyl (C=O) groups is 1. The number of carbonyl (C=O) groups excluding carboxylic acids is 1. The Balaban J connectivity index is 1.55. The second-order valence-electron chi connectivity index (χ2n) is 6.60. The number of methoxy groups -OCH3 is 2. The number of hydrogen-bond acceptors (Lipinski definition) is 4. The van der Waals surface area contributed by atoms with E-state index in [1.165, 1.54) is 5.56 Å². The van der Waals surface area contributed by atoms with Gasteiger partial charge >= 0.3 is 0 Å². The van der Waals surface area contributed by atoms with Gasteiger partial charge in [-0.3, -0.25) is 9.69 Å². The van der Waals surface area contributed by atoms with Gasteiger partial charge in [0.05, 0.1) is 14.2 Å². The molecule has 0 atom stereocenters. The summed E-state index contributed by atoms with van der Waals surface area (Å²) in [6.45, 7) is 6.23. The lowest BCUT2D eigenvalue weighted by Gasteiger charge is -2.35. The van der Waals surface area contributed by atoms with E-state index in [9.17, 15) is 4.79 Å². The van der Waals surface area contributed by atoms with E-state index in [0.29, 0.717) is 5.56 Å². The average molecular weight is 354 g/mol. The van der Waals surface area contributed by atoms with E-state index in [1.54, 1.807) is 14.2 Å². The summed E-state index contributed by atoms with van der Waals surface area (Å²) in [5.41, 5.74) is 3.14. The number of piperazine rings is 1. The fraction of sp³-hybridized carbons (Fsp3) is 0.381. The van der Waals surface area contributed by atoms with Crippen molar-refractivity contribution in [2.24, 2.45) is 0 Å². The topological polar surface area (TPSA) is 42.0 Å². The van der Waals surface area contributed by atoms with Gasteiger partial charge in [0.25, 0.3) is 5.91 Å². The number of ether oxygens (including phenoxy) is 2. The van der Waals surface area contributed by atoms with E-state index < -0.39 is 0 Å². The number of hydrogen-bond donors (Lipinski definition) is 0. The molecule has 5 heteroatoms. The summed E-state index contributed by atoms with van der Waals surface area (Å²) in [7, 11) is 3.32. The first kappa shape index (κ1) is 18.3. The van der Waals surface area contributed by atoms with Crippen LogP contribution in [0.15, 0.2) is 42.5 Å². The molecule has 2 aromatic carbocycles. The number of benzene rings is 2. The average Bonchev–Trinajstić information content (AvgIpc) is 2.68. The molecule has 2 aromatic rings. The van der Waals surface area contributed by atoms with Gasteiger partial charge in [-0.2, -0.15) is 0 Å². The second-order valence-corrected chi connectivity index (χ2v) is 6.60. The zero-order valence-corrected chi connectivity index (χ0v) is 15.7. The van der Waals surface area contributed by atoms with Crippen molar-refractivity contribution >= 4 is 5.91 Å². The molecule has 3 rings (SSSR count). The minimum Gasteiger partial charge on any atom is -0.497 e. The van der Waals surface area contributed by atoms with Crippen molar-refractivity contribution < 1.29 is 14.3 Å². The van der Waals surface area contributed by atoms with Crippen molar-refractivity contribution in [3.63, 3.8) is 0 Å². The Kier molecular flexibility index (Phi) is 5.78. The standard InChI is InChI=1S/C21H26N2O3/c1-16-14-17(4-9-20(16)26-3)15-22-10-12-23(13-11-22)21(24)18-5-7-19(25-2)8-6-18/h4-9,14H,10-13,15H2,1-3H3. The zero-order chi connectivity index (χ0) is 18.5. The van der Waals surface area contributed by atoms with E-state index >= 15 is 0 Å². The Bertz CT molecular complexity index is 750. The van der Waals surface area contributed by atoms with Gasteiger partial charge in [0, 0.05) is 38.3 Å². The largest absolute Gasteiger partial charge is 0.497 e. The van der Waals surface area contributed by atoms with E-state index in [2.05, 4.69) is 24.0 Å². The van der Waals surface area contributed by atoms with Gasteiger partial charge in [-0.1, -0.05) is 12.1 Å². The van der Waals surface area contributed by atoms with E-state index in [4.69, 9.17) is 9.47 Å². The molecule has 0 saturated carbocycles. The molecular formula is C21H26N2O3. The number of rotatable bonds is 5. The first-order valence-electron chi connectivity index (χ1n) is 8.90. The lowest BCUT2D eigenvalue weighted by Crippen LogP contribution is -2.48. The van der Waals surface area contributed by atoms with Crippen LogP contribution in [0.3, 0.4) is 0 Å². The smallest absolute Gasteiger partial charge is 0.253 e. The summed E-state index contributed by atoms with van der Waals surface area (Å²) in [5.74, 6) is 1.78. The number of nitrogens with zero attached hydrogens (tertiary/aromatic N) is 2. The summed E-state index contributed by atoms with van der Waals surface area (Å²) in [5, 5.41) is 0. The predicted octanol–water partition coefficient (Wildman–Crippen LogP) is 2.97. The fourth-order valence-corrected chi connectivity index (χ4v) is 3.32. The van der Waals surface area contributed by atoms with Crippen LogP contribution in [0.2, 0.25) is 0 Å². The molecule has 0 aliphatic carbocycles. The van der Waals surface area contributed by atoms with Crippen LogP contribution in [0.1, 0.15) is 21.5 Å². The third-order valence-corrected chi connectivity index (χ3v) is 4.86. The van der Waals surface area contributed by atoms with Gasteiger partial charge in [0.1, 0.15) is 11.5 Å². The van der Waals surface area contributed by atoms with Crippen LogP contribution in [-0.4, -0.2) is 56.1 Å². The Hall–Kier alpha value is -2.53. The SMILES string of the molecule is COc1ccc(C(=O)N2CCN(Cc3ccc(OC)c(C)c3)CC2)cc1. The molecule has 0 spiro atoms. The van der Waals surface area contributed by atoms with Gasteiger partial charge < -0.3 is 14.4 Å². The molecule has 0 aromatic heterocycles. The van der Waals surface area contributed by atoms with Crippen molar-refractivity contribution in [1.82, 2.24) is 9.80 Å². The Labute approximate surface area is 155 Å². The highest BCUT2D eigenvalue weighted by Crippen LogP contribution is 2.20. The molecule has 1 heterocycles. The van der Waals surface area contributed by atoms with Gasteiger partial charge in [0.2, 0.25) is 0 Å². The summed E-state index contributed by atoms with van der Waals surface area (Å²) in [6, 6.07) is 13.6. The highest BCUT2D eigenvalue weighted by atomic mass is 16.5. The summed E-state index contributed by atoms with van der Waals surface area (Å²) < 4.78 is 10.5. The van der Waals surface area contributed by atoms with Crippen LogP contribution >= 0.6 is 0 Å². The van der Waals surface area contributed by atoms with Crippen molar-refractivity contribution in [3.8, 4) is 11.5 Å². The van der Waals surface area contributed by atoms with Crippen LogP contribution < -0.4 is 9.47 Å². The van der Waals surface area contributed by atoms with Crippen LogP contribution in [0.25, 0.3) is 0 Å². The minimum atomic E-state index is 0.0904. The van der Waals surface area contributed by atoms with Gasteiger partial charge in [0.15, 0.2) is 0 Å². The third kappa shape index (κ3) is 4.17. The molecule has 1 fully saturated rings. The molecular weight excluding hydrogens is 328 g/mol. The van der Waals surface area contributed by atoms with E-state index in [-0.39, 0.29) is 5.91 Å². The Morgan fingerprint density at radius 1 is 0.962 bits per heavy atom. The monoisotopic (exact) mass is 354 g/mol. The molecule has 0 unspecified atom stereocenters. The molecule has 1 aliphatic heterocycles. The molecule has 1 aliphatic rings. The molecule has 5 nitrogen and oxygen atoms in total. The second kappa shape index (κ2) is 8.23. The first-order valence-corrected chi connectivity index (χ1v) is 8.90. The molecule has 1 amide bonds. The Morgan fingerprint density at radius 2 is 1.65 bits per heavy atom. The lowest BCUT2D eigenvalue weighted by molar-refractivity contribution is 0.0628. The van der Waals surface area contributed by atoms with Crippen LogP contribution in [-0.2, 0) is 6.54 Å².